The van der Waals surface area contributed by atoms with Gasteiger partial charge in [0.2, 0.25) is 0 Å². The maximum atomic E-state index is 12.0. The Morgan fingerprint density at radius 3 is 2.61 bits per heavy atom. The average molecular weight is 275 g/mol. The highest BCUT2D eigenvalue weighted by Gasteiger charge is 2.30. The topological polar surface area (TPSA) is 58.6 Å². The van der Waals surface area contributed by atoms with E-state index >= 15 is 0 Å². The molecule has 2 N–H and O–H groups in total. The number of hydrogen-bond donors (Lipinski definition) is 2. The molecule has 1 aliphatic heterocycles. The molecule has 4 nitrogen and oxygen atoms in total. The van der Waals surface area contributed by atoms with E-state index in [1.807, 2.05) is 0 Å². The van der Waals surface area contributed by atoms with E-state index in [0.29, 0.717) is 5.75 Å². The first-order valence-corrected chi connectivity index (χ1v) is 6.26. The Hall–Kier alpha value is -1.34. The fraction of sp³-hybridized carbons (Fsp3) is 0.364. The number of alkyl halides is 2. The molecule has 98 valence electrons. The molecule has 0 bridgehead atoms. The van der Waals surface area contributed by atoms with Crippen molar-refractivity contribution in [2.75, 3.05) is 5.75 Å². The van der Waals surface area contributed by atoms with E-state index in [2.05, 4.69) is 10.1 Å². The van der Waals surface area contributed by atoms with Crippen LogP contribution in [0.5, 0.6) is 5.75 Å². The second-order valence-corrected chi connectivity index (χ2v) is 4.86. The zero-order valence-corrected chi connectivity index (χ0v) is 9.99. The molecule has 1 aromatic rings. The summed E-state index contributed by atoms with van der Waals surface area (Å²) in [6.07, 6.45) is 0. The lowest BCUT2D eigenvalue weighted by Crippen LogP contribution is -2.33. The summed E-state index contributed by atoms with van der Waals surface area (Å²) >= 11 is 1.47. The third kappa shape index (κ3) is 3.11. The molecule has 1 aliphatic rings. The minimum atomic E-state index is -2.84. The largest absolute Gasteiger partial charge is 0.480 e. The summed E-state index contributed by atoms with van der Waals surface area (Å²) in [6, 6.07) is 5.60. The number of thioether (sulfide) groups is 1. The van der Waals surface area contributed by atoms with Crippen LogP contribution in [-0.4, -0.2) is 29.5 Å². The molecule has 18 heavy (non-hydrogen) atoms. The van der Waals surface area contributed by atoms with Crippen molar-refractivity contribution in [3.05, 3.63) is 29.8 Å². The maximum absolute atomic E-state index is 12.0. The zero-order chi connectivity index (χ0) is 13.1. The Morgan fingerprint density at radius 2 is 2.11 bits per heavy atom. The summed E-state index contributed by atoms with van der Waals surface area (Å²) in [4.78, 5) is 10.8. The first kappa shape index (κ1) is 13.1. The Kier molecular flexibility index (Phi) is 4.03. The van der Waals surface area contributed by atoms with Crippen LogP contribution >= 0.6 is 11.8 Å². The van der Waals surface area contributed by atoms with Gasteiger partial charge in [0.15, 0.2) is 0 Å². The van der Waals surface area contributed by atoms with Crippen molar-refractivity contribution in [2.45, 2.75) is 18.0 Å². The summed E-state index contributed by atoms with van der Waals surface area (Å²) in [5.41, 5.74) is 0.838. The third-order valence-corrected chi connectivity index (χ3v) is 3.76. The van der Waals surface area contributed by atoms with Gasteiger partial charge >= 0.3 is 12.6 Å². The zero-order valence-electron chi connectivity index (χ0n) is 9.18. The van der Waals surface area contributed by atoms with Crippen LogP contribution in [0.4, 0.5) is 8.78 Å². The molecule has 1 unspecified atom stereocenters. The number of aliphatic carboxylic acids is 1. The minimum Gasteiger partial charge on any atom is -0.480 e. The average Bonchev–Trinajstić information content (AvgIpc) is 2.78. The molecule has 1 heterocycles. The van der Waals surface area contributed by atoms with E-state index in [1.54, 1.807) is 12.1 Å². The lowest BCUT2D eigenvalue weighted by molar-refractivity contribution is -0.138. The summed E-state index contributed by atoms with van der Waals surface area (Å²) in [5, 5.41) is 11.7. The van der Waals surface area contributed by atoms with Gasteiger partial charge in [-0.3, -0.25) is 10.1 Å². The SMILES string of the molecule is O=C(O)[C@H]1CSC(c2ccc(OC(F)F)cc2)N1. The molecule has 1 fully saturated rings. The number of nitrogens with one attached hydrogen (secondary N) is 1. The predicted octanol–water partition coefficient (Wildman–Crippen LogP) is 2.08. The maximum Gasteiger partial charge on any atom is 0.387 e. The van der Waals surface area contributed by atoms with Crippen LogP contribution in [0.25, 0.3) is 0 Å². The molecule has 0 aromatic heterocycles. The van der Waals surface area contributed by atoms with Gasteiger partial charge in [0.1, 0.15) is 11.8 Å². The van der Waals surface area contributed by atoms with Crippen molar-refractivity contribution in [2.24, 2.45) is 0 Å². The van der Waals surface area contributed by atoms with Crippen LogP contribution in [0.1, 0.15) is 10.9 Å². The molecule has 0 spiro atoms. The number of hydrogen-bond acceptors (Lipinski definition) is 4. The monoisotopic (exact) mass is 275 g/mol. The second-order valence-electron chi connectivity index (χ2n) is 3.72. The fourth-order valence-corrected chi connectivity index (χ4v) is 2.86. The van der Waals surface area contributed by atoms with Crippen molar-refractivity contribution in [1.29, 1.82) is 0 Å². The summed E-state index contributed by atoms with van der Waals surface area (Å²) in [7, 11) is 0. The Balaban J connectivity index is 2.00. The highest BCUT2D eigenvalue weighted by atomic mass is 32.2. The van der Waals surface area contributed by atoms with Gasteiger partial charge in [-0.1, -0.05) is 12.1 Å². The van der Waals surface area contributed by atoms with Gasteiger partial charge in [-0.25, -0.2) is 0 Å². The normalized spacial score (nSPS) is 23.3. The van der Waals surface area contributed by atoms with Gasteiger partial charge in [-0.15, -0.1) is 11.8 Å². The molecule has 0 aliphatic carbocycles. The summed E-state index contributed by atoms with van der Waals surface area (Å²) < 4.78 is 28.2. The predicted molar refractivity (Wildman–Crippen MR) is 62.8 cm³/mol. The molecule has 1 saturated heterocycles. The van der Waals surface area contributed by atoms with Crippen LogP contribution in [0.3, 0.4) is 0 Å². The van der Waals surface area contributed by atoms with Crippen LogP contribution in [0.15, 0.2) is 24.3 Å². The number of carbonyl (C=O) groups is 1. The van der Waals surface area contributed by atoms with Crippen molar-refractivity contribution in [1.82, 2.24) is 5.32 Å². The van der Waals surface area contributed by atoms with Crippen LogP contribution < -0.4 is 10.1 Å². The number of halogens is 2. The quantitative estimate of drug-likeness (QED) is 0.881. The molecule has 2 rings (SSSR count). The van der Waals surface area contributed by atoms with Gasteiger partial charge < -0.3 is 9.84 Å². The first-order valence-electron chi connectivity index (χ1n) is 5.21. The van der Waals surface area contributed by atoms with E-state index in [9.17, 15) is 13.6 Å². The van der Waals surface area contributed by atoms with Crippen molar-refractivity contribution in [3.63, 3.8) is 0 Å². The smallest absolute Gasteiger partial charge is 0.387 e. The van der Waals surface area contributed by atoms with Crippen molar-refractivity contribution < 1.29 is 23.4 Å². The van der Waals surface area contributed by atoms with Gasteiger partial charge in [0.25, 0.3) is 0 Å². The Morgan fingerprint density at radius 1 is 1.44 bits per heavy atom. The highest BCUT2D eigenvalue weighted by molar-refractivity contribution is 7.99. The molecular formula is C11H11F2NO3S. The van der Waals surface area contributed by atoms with Crippen LogP contribution in [0, 0.1) is 0 Å². The third-order valence-electron chi connectivity index (χ3n) is 2.49. The van der Waals surface area contributed by atoms with Crippen LogP contribution in [-0.2, 0) is 4.79 Å². The van der Waals surface area contributed by atoms with E-state index in [-0.39, 0.29) is 11.1 Å². The summed E-state index contributed by atoms with van der Waals surface area (Å²) in [5.74, 6) is -0.316. The lowest BCUT2D eigenvalue weighted by atomic mass is 10.2. The first-order chi connectivity index (χ1) is 8.56. The van der Waals surface area contributed by atoms with Crippen LogP contribution in [0.2, 0.25) is 0 Å². The van der Waals surface area contributed by atoms with Crippen molar-refractivity contribution in [3.8, 4) is 5.75 Å². The van der Waals surface area contributed by atoms with Gasteiger partial charge in [-0.05, 0) is 17.7 Å². The molecule has 2 atom stereocenters. The number of carboxylic acids is 1. The molecule has 0 radical (unpaired) electrons. The number of rotatable bonds is 4. The number of benzene rings is 1. The molecular weight excluding hydrogens is 264 g/mol. The highest BCUT2D eigenvalue weighted by Crippen LogP contribution is 2.33. The standard InChI is InChI=1S/C11H11F2NO3S/c12-11(13)17-7-3-1-6(2-4-7)9-14-8(5-18-9)10(15)16/h1-4,8-9,11,14H,5H2,(H,15,16)/t8-,9?/m1/s1. The molecule has 0 saturated carbocycles. The fourth-order valence-electron chi connectivity index (χ4n) is 1.63. The Bertz CT molecular complexity index is 427. The van der Waals surface area contributed by atoms with E-state index in [1.165, 1.54) is 23.9 Å². The number of ether oxygens (including phenoxy) is 1. The van der Waals surface area contributed by atoms with E-state index in [0.717, 1.165) is 5.56 Å². The Labute approximate surface area is 106 Å². The molecule has 1 aromatic carbocycles. The molecule has 0 amide bonds. The van der Waals surface area contributed by atoms with E-state index < -0.39 is 18.6 Å². The van der Waals surface area contributed by atoms with Crippen molar-refractivity contribution >= 4 is 17.7 Å². The van der Waals surface area contributed by atoms with E-state index in [4.69, 9.17) is 5.11 Å². The summed E-state index contributed by atoms with van der Waals surface area (Å²) in [6.45, 7) is -2.84. The lowest BCUT2D eigenvalue weighted by Gasteiger charge is -2.12. The molecule has 7 heteroatoms. The second kappa shape index (κ2) is 5.53. The van der Waals surface area contributed by atoms with Gasteiger partial charge in [0, 0.05) is 5.75 Å². The van der Waals surface area contributed by atoms with Gasteiger partial charge in [0.05, 0.1) is 5.37 Å². The number of carboxylic acid groups (broad SMARTS) is 1. The minimum absolute atomic E-state index is 0.0894. The van der Waals surface area contributed by atoms with Gasteiger partial charge in [-0.2, -0.15) is 8.78 Å².